The zero-order valence-corrected chi connectivity index (χ0v) is 11.7. The SMILES string of the molecule is CCCC(CN1C(=O)COc2ccccc21)NCC. The first kappa shape index (κ1) is 13.9. The van der Waals surface area contributed by atoms with Crippen molar-refractivity contribution < 1.29 is 9.53 Å². The summed E-state index contributed by atoms with van der Waals surface area (Å²) >= 11 is 0. The Hall–Kier alpha value is -1.55. The summed E-state index contributed by atoms with van der Waals surface area (Å²) in [6, 6.07) is 8.07. The molecule has 0 fully saturated rings. The number of para-hydroxylation sites is 2. The Morgan fingerprint density at radius 3 is 2.89 bits per heavy atom. The predicted molar refractivity (Wildman–Crippen MR) is 76.7 cm³/mol. The van der Waals surface area contributed by atoms with Gasteiger partial charge in [0.15, 0.2) is 6.61 Å². The van der Waals surface area contributed by atoms with Crippen molar-refractivity contribution in [1.29, 1.82) is 0 Å². The van der Waals surface area contributed by atoms with Gasteiger partial charge in [-0.3, -0.25) is 4.79 Å². The van der Waals surface area contributed by atoms with Crippen LogP contribution in [0.4, 0.5) is 5.69 Å². The summed E-state index contributed by atoms with van der Waals surface area (Å²) in [4.78, 5) is 13.9. The first-order valence-electron chi connectivity index (χ1n) is 7.01. The number of ether oxygens (including phenoxy) is 1. The minimum atomic E-state index is 0.0395. The Kier molecular flexibility index (Phi) is 4.80. The van der Waals surface area contributed by atoms with E-state index in [1.165, 1.54) is 0 Å². The Labute approximate surface area is 114 Å². The molecule has 0 aliphatic carbocycles. The summed E-state index contributed by atoms with van der Waals surface area (Å²) in [6.07, 6.45) is 2.18. The highest BCUT2D eigenvalue weighted by atomic mass is 16.5. The van der Waals surface area contributed by atoms with E-state index in [1.54, 1.807) is 0 Å². The first-order valence-corrected chi connectivity index (χ1v) is 7.01. The molecule has 104 valence electrons. The van der Waals surface area contributed by atoms with E-state index in [-0.39, 0.29) is 12.5 Å². The van der Waals surface area contributed by atoms with E-state index >= 15 is 0 Å². The third-order valence-electron chi connectivity index (χ3n) is 3.34. The molecule has 0 spiro atoms. The fourth-order valence-corrected chi connectivity index (χ4v) is 2.47. The maximum Gasteiger partial charge on any atom is 0.265 e. The summed E-state index contributed by atoms with van der Waals surface area (Å²) in [5.74, 6) is 0.839. The molecule has 1 aliphatic rings. The van der Waals surface area contributed by atoms with Gasteiger partial charge in [0.05, 0.1) is 5.69 Å². The van der Waals surface area contributed by atoms with Gasteiger partial charge in [0.1, 0.15) is 5.75 Å². The number of rotatable bonds is 6. The number of fused-ring (bicyclic) bond motifs is 1. The van der Waals surface area contributed by atoms with Gasteiger partial charge < -0.3 is 15.0 Å². The van der Waals surface area contributed by atoms with Crippen LogP contribution < -0.4 is 15.0 Å². The molecule has 0 saturated heterocycles. The molecule has 0 bridgehead atoms. The van der Waals surface area contributed by atoms with Gasteiger partial charge in [0.25, 0.3) is 5.91 Å². The Bertz CT molecular complexity index is 428. The quantitative estimate of drug-likeness (QED) is 0.854. The second-order valence-electron chi connectivity index (χ2n) is 4.80. The van der Waals surface area contributed by atoms with Crippen molar-refractivity contribution in [3.05, 3.63) is 24.3 Å². The summed E-state index contributed by atoms with van der Waals surface area (Å²) < 4.78 is 5.46. The second-order valence-corrected chi connectivity index (χ2v) is 4.80. The molecule has 1 amide bonds. The molecule has 19 heavy (non-hydrogen) atoms. The molecule has 1 aromatic carbocycles. The van der Waals surface area contributed by atoms with E-state index in [4.69, 9.17) is 4.74 Å². The lowest BCUT2D eigenvalue weighted by atomic mass is 10.1. The monoisotopic (exact) mass is 262 g/mol. The smallest absolute Gasteiger partial charge is 0.265 e. The third-order valence-corrected chi connectivity index (χ3v) is 3.34. The molecule has 1 aliphatic heterocycles. The third kappa shape index (κ3) is 3.26. The normalized spacial score (nSPS) is 15.9. The van der Waals surface area contributed by atoms with Gasteiger partial charge in [-0.15, -0.1) is 0 Å². The van der Waals surface area contributed by atoms with E-state index in [0.717, 1.165) is 30.8 Å². The van der Waals surface area contributed by atoms with Gasteiger partial charge >= 0.3 is 0 Å². The van der Waals surface area contributed by atoms with Crippen molar-refractivity contribution in [3.8, 4) is 5.75 Å². The van der Waals surface area contributed by atoms with Crippen LogP contribution in [0.1, 0.15) is 26.7 Å². The lowest BCUT2D eigenvalue weighted by Crippen LogP contribution is -2.47. The standard InChI is InChI=1S/C15H22N2O2/c1-3-7-12(16-4-2)10-17-13-8-5-6-9-14(13)19-11-15(17)18/h5-6,8-9,12,16H,3-4,7,10-11H2,1-2H3. The van der Waals surface area contributed by atoms with Crippen molar-refractivity contribution in [2.24, 2.45) is 0 Å². The van der Waals surface area contributed by atoms with Crippen molar-refractivity contribution in [1.82, 2.24) is 5.32 Å². The van der Waals surface area contributed by atoms with Gasteiger partial charge in [0.2, 0.25) is 0 Å². The number of nitrogens with zero attached hydrogens (tertiary/aromatic N) is 1. The van der Waals surface area contributed by atoms with Crippen LogP contribution in [0, 0.1) is 0 Å². The molecule has 1 atom stereocenters. The van der Waals surface area contributed by atoms with Crippen LogP contribution in [-0.4, -0.2) is 31.6 Å². The zero-order chi connectivity index (χ0) is 13.7. The summed E-state index contributed by atoms with van der Waals surface area (Å²) in [5.41, 5.74) is 0.887. The van der Waals surface area contributed by atoms with Crippen molar-refractivity contribution in [2.75, 3.05) is 24.6 Å². The lowest BCUT2D eigenvalue weighted by molar-refractivity contribution is -0.121. The van der Waals surface area contributed by atoms with E-state index < -0.39 is 0 Å². The molecule has 1 unspecified atom stereocenters. The minimum absolute atomic E-state index is 0.0395. The highest BCUT2D eigenvalue weighted by molar-refractivity contribution is 5.97. The van der Waals surface area contributed by atoms with Crippen LogP contribution in [-0.2, 0) is 4.79 Å². The molecular formula is C15H22N2O2. The van der Waals surface area contributed by atoms with Crippen LogP contribution >= 0.6 is 0 Å². The van der Waals surface area contributed by atoms with Crippen LogP contribution in [0.2, 0.25) is 0 Å². The molecule has 2 rings (SSSR count). The van der Waals surface area contributed by atoms with Crippen LogP contribution in [0.3, 0.4) is 0 Å². The molecule has 0 saturated carbocycles. The van der Waals surface area contributed by atoms with Gasteiger partial charge in [0, 0.05) is 12.6 Å². The molecular weight excluding hydrogens is 240 g/mol. The van der Waals surface area contributed by atoms with E-state index in [9.17, 15) is 4.79 Å². The maximum absolute atomic E-state index is 12.1. The molecule has 1 aromatic rings. The molecule has 0 radical (unpaired) electrons. The van der Waals surface area contributed by atoms with Crippen molar-refractivity contribution in [2.45, 2.75) is 32.7 Å². The lowest BCUT2D eigenvalue weighted by Gasteiger charge is -2.32. The van der Waals surface area contributed by atoms with Crippen LogP contribution in [0.5, 0.6) is 5.75 Å². The van der Waals surface area contributed by atoms with Crippen molar-refractivity contribution >= 4 is 11.6 Å². The Balaban J connectivity index is 2.15. The average Bonchev–Trinajstić information content (AvgIpc) is 2.42. The van der Waals surface area contributed by atoms with Crippen LogP contribution in [0.15, 0.2) is 24.3 Å². The number of likely N-dealkylation sites (N-methyl/N-ethyl adjacent to an activating group) is 1. The number of hydrogen-bond donors (Lipinski definition) is 1. The van der Waals surface area contributed by atoms with Crippen molar-refractivity contribution in [3.63, 3.8) is 0 Å². The molecule has 4 heteroatoms. The highest BCUT2D eigenvalue weighted by Gasteiger charge is 2.26. The average molecular weight is 262 g/mol. The Morgan fingerprint density at radius 2 is 2.16 bits per heavy atom. The largest absolute Gasteiger partial charge is 0.482 e. The topological polar surface area (TPSA) is 41.6 Å². The number of hydrogen-bond acceptors (Lipinski definition) is 3. The molecule has 0 aromatic heterocycles. The van der Waals surface area contributed by atoms with Gasteiger partial charge in [-0.05, 0) is 25.1 Å². The van der Waals surface area contributed by atoms with Gasteiger partial charge in [-0.25, -0.2) is 0 Å². The summed E-state index contributed by atoms with van der Waals surface area (Å²) in [6.45, 7) is 6.03. The number of nitrogens with one attached hydrogen (secondary N) is 1. The number of anilines is 1. The second kappa shape index (κ2) is 6.57. The maximum atomic E-state index is 12.1. The fraction of sp³-hybridized carbons (Fsp3) is 0.533. The first-order chi connectivity index (χ1) is 9.26. The highest BCUT2D eigenvalue weighted by Crippen LogP contribution is 2.31. The fourth-order valence-electron chi connectivity index (χ4n) is 2.47. The number of carbonyl (C=O) groups is 1. The minimum Gasteiger partial charge on any atom is -0.482 e. The summed E-state index contributed by atoms with van der Waals surface area (Å²) in [5, 5.41) is 3.45. The molecule has 1 N–H and O–H groups in total. The predicted octanol–water partition coefficient (Wildman–Crippen LogP) is 2.19. The number of amides is 1. The summed E-state index contributed by atoms with van der Waals surface area (Å²) in [7, 11) is 0. The molecule has 4 nitrogen and oxygen atoms in total. The molecule has 1 heterocycles. The van der Waals surface area contributed by atoms with E-state index in [2.05, 4.69) is 19.2 Å². The van der Waals surface area contributed by atoms with E-state index in [1.807, 2.05) is 29.2 Å². The van der Waals surface area contributed by atoms with E-state index in [0.29, 0.717) is 12.6 Å². The van der Waals surface area contributed by atoms with Gasteiger partial charge in [-0.1, -0.05) is 32.4 Å². The Morgan fingerprint density at radius 1 is 1.37 bits per heavy atom. The number of carbonyl (C=O) groups excluding carboxylic acids is 1. The zero-order valence-electron chi connectivity index (χ0n) is 11.7. The number of benzene rings is 1. The van der Waals surface area contributed by atoms with Gasteiger partial charge in [-0.2, -0.15) is 0 Å². The van der Waals surface area contributed by atoms with Crippen LogP contribution in [0.25, 0.3) is 0 Å².